The number of aryl methyl sites for hydroxylation is 1. The minimum atomic E-state index is 0.335. The van der Waals surface area contributed by atoms with Gasteiger partial charge in [0.25, 0.3) is 0 Å². The van der Waals surface area contributed by atoms with Crippen LogP contribution in [0.4, 0.5) is 5.69 Å². The molecule has 0 radical (unpaired) electrons. The molecule has 0 aromatic carbocycles. The molecule has 0 bridgehead atoms. The predicted octanol–water partition coefficient (Wildman–Crippen LogP) is 2.39. The van der Waals surface area contributed by atoms with E-state index in [1.165, 1.54) is 24.1 Å². The maximum atomic E-state index is 6.04. The molecule has 1 aromatic heterocycles. The van der Waals surface area contributed by atoms with Crippen LogP contribution in [0.2, 0.25) is 0 Å². The Balaban J connectivity index is 1.80. The van der Waals surface area contributed by atoms with E-state index in [0.29, 0.717) is 12.2 Å². The van der Waals surface area contributed by atoms with Crippen LogP contribution < -0.4 is 4.90 Å². The second-order valence-electron chi connectivity index (χ2n) is 5.39. The molecule has 2 aliphatic rings. The van der Waals surface area contributed by atoms with Crippen LogP contribution in [0.1, 0.15) is 25.3 Å². The second-order valence-corrected chi connectivity index (χ2v) is 5.39. The van der Waals surface area contributed by atoms with Crippen LogP contribution in [0, 0.1) is 12.8 Å². The Morgan fingerprint density at radius 1 is 1.35 bits per heavy atom. The Hall–Kier alpha value is -1.09. The number of aromatic nitrogens is 1. The standard InChI is InChI=1S/C14H20N2O/c1-10-7-15-6-5-13(10)16-8-11(2)17-14(9-16)12-3-4-12/h5-7,11-12,14H,3-4,8-9H2,1-2H3/t11-,14-/m0/s1. The van der Waals surface area contributed by atoms with Gasteiger partial charge in [0.05, 0.1) is 12.2 Å². The van der Waals surface area contributed by atoms with Gasteiger partial charge in [-0.2, -0.15) is 0 Å². The van der Waals surface area contributed by atoms with Crippen molar-refractivity contribution in [3.63, 3.8) is 0 Å². The smallest absolute Gasteiger partial charge is 0.0782 e. The van der Waals surface area contributed by atoms with Crippen molar-refractivity contribution < 1.29 is 4.74 Å². The van der Waals surface area contributed by atoms with Crippen molar-refractivity contribution in [3.05, 3.63) is 24.0 Å². The lowest BCUT2D eigenvalue weighted by atomic mass is 10.1. The quantitative estimate of drug-likeness (QED) is 0.783. The first-order valence-corrected chi connectivity index (χ1v) is 6.55. The maximum Gasteiger partial charge on any atom is 0.0782 e. The van der Waals surface area contributed by atoms with Crippen molar-refractivity contribution >= 4 is 5.69 Å². The van der Waals surface area contributed by atoms with Gasteiger partial charge in [-0.3, -0.25) is 4.98 Å². The van der Waals surface area contributed by atoms with E-state index in [1.807, 2.05) is 12.4 Å². The van der Waals surface area contributed by atoms with E-state index < -0.39 is 0 Å². The maximum absolute atomic E-state index is 6.04. The van der Waals surface area contributed by atoms with E-state index in [2.05, 4.69) is 29.8 Å². The molecule has 1 aromatic rings. The van der Waals surface area contributed by atoms with Crippen LogP contribution in [0.3, 0.4) is 0 Å². The van der Waals surface area contributed by atoms with Crippen LogP contribution >= 0.6 is 0 Å². The van der Waals surface area contributed by atoms with Gasteiger partial charge in [-0.05, 0) is 44.2 Å². The highest BCUT2D eigenvalue weighted by Gasteiger charge is 2.37. The molecule has 2 heterocycles. The minimum Gasteiger partial charge on any atom is -0.371 e. The summed E-state index contributed by atoms with van der Waals surface area (Å²) in [4.78, 5) is 6.63. The third kappa shape index (κ3) is 2.29. The molecule has 1 saturated carbocycles. The van der Waals surface area contributed by atoms with Crippen LogP contribution in [0.15, 0.2) is 18.5 Å². The number of morpholine rings is 1. The average Bonchev–Trinajstić information content (AvgIpc) is 3.12. The van der Waals surface area contributed by atoms with Gasteiger partial charge < -0.3 is 9.64 Å². The molecule has 0 spiro atoms. The third-order valence-electron chi connectivity index (χ3n) is 3.76. The molecule has 0 unspecified atom stereocenters. The Kier molecular flexibility index (Phi) is 2.79. The van der Waals surface area contributed by atoms with Gasteiger partial charge in [-0.25, -0.2) is 0 Å². The average molecular weight is 232 g/mol. The van der Waals surface area contributed by atoms with Crippen LogP contribution in [-0.2, 0) is 4.74 Å². The molecular formula is C14H20N2O. The van der Waals surface area contributed by atoms with Crippen molar-refractivity contribution in [2.75, 3.05) is 18.0 Å². The van der Waals surface area contributed by atoms with Crippen LogP contribution in [0.25, 0.3) is 0 Å². The number of nitrogens with zero attached hydrogens (tertiary/aromatic N) is 2. The molecule has 3 nitrogen and oxygen atoms in total. The van der Waals surface area contributed by atoms with E-state index in [9.17, 15) is 0 Å². The fraction of sp³-hybridized carbons (Fsp3) is 0.643. The molecule has 0 amide bonds. The molecule has 17 heavy (non-hydrogen) atoms. The summed E-state index contributed by atoms with van der Waals surface area (Å²) in [6.45, 7) is 6.35. The first-order valence-electron chi connectivity index (χ1n) is 6.55. The SMILES string of the molecule is Cc1cnccc1N1C[C@@H](C2CC2)O[C@@H](C)C1. The zero-order valence-corrected chi connectivity index (χ0v) is 10.6. The van der Waals surface area contributed by atoms with Crippen molar-refractivity contribution in [3.8, 4) is 0 Å². The van der Waals surface area contributed by atoms with Gasteiger partial charge in [0.2, 0.25) is 0 Å². The van der Waals surface area contributed by atoms with Gasteiger partial charge in [-0.15, -0.1) is 0 Å². The van der Waals surface area contributed by atoms with E-state index in [4.69, 9.17) is 4.74 Å². The van der Waals surface area contributed by atoms with Crippen LogP contribution in [0.5, 0.6) is 0 Å². The molecule has 92 valence electrons. The predicted molar refractivity (Wildman–Crippen MR) is 68.2 cm³/mol. The minimum absolute atomic E-state index is 0.335. The molecule has 1 saturated heterocycles. The summed E-state index contributed by atoms with van der Waals surface area (Å²) >= 11 is 0. The Morgan fingerprint density at radius 3 is 2.88 bits per heavy atom. The van der Waals surface area contributed by atoms with E-state index in [0.717, 1.165) is 19.0 Å². The van der Waals surface area contributed by atoms with Gasteiger partial charge in [0.15, 0.2) is 0 Å². The van der Waals surface area contributed by atoms with E-state index >= 15 is 0 Å². The Labute approximate surface area is 103 Å². The number of hydrogen-bond acceptors (Lipinski definition) is 3. The van der Waals surface area contributed by atoms with Gasteiger partial charge in [0, 0.05) is 31.2 Å². The fourth-order valence-corrected chi connectivity index (χ4v) is 2.73. The first kappa shape index (κ1) is 11.0. The summed E-state index contributed by atoms with van der Waals surface area (Å²) in [6, 6.07) is 2.12. The monoisotopic (exact) mass is 232 g/mol. The lowest BCUT2D eigenvalue weighted by molar-refractivity contribution is -0.0271. The Morgan fingerprint density at radius 2 is 2.18 bits per heavy atom. The van der Waals surface area contributed by atoms with Gasteiger partial charge in [-0.1, -0.05) is 0 Å². The summed E-state index contributed by atoms with van der Waals surface area (Å²) in [6.07, 6.45) is 7.30. The van der Waals surface area contributed by atoms with Gasteiger partial charge in [0.1, 0.15) is 0 Å². The summed E-state index contributed by atoms with van der Waals surface area (Å²) in [5.74, 6) is 0.808. The van der Waals surface area contributed by atoms with Crippen LogP contribution in [-0.4, -0.2) is 30.3 Å². The largest absolute Gasteiger partial charge is 0.371 e. The summed E-state index contributed by atoms with van der Waals surface area (Å²) in [5, 5.41) is 0. The molecule has 2 atom stereocenters. The molecule has 1 aliphatic heterocycles. The zero-order valence-electron chi connectivity index (χ0n) is 10.6. The van der Waals surface area contributed by atoms with Crippen molar-refractivity contribution in [2.45, 2.75) is 38.9 Å². The second kappa shape index (κ2) is 4.30. The van der Waals surface area contributed by atoms with Crippen molar-refractivity contribution in [1.29, 1.82) is 0 Å². The molecule has 3 rings (SSSR count). The normalized spacial score (nSPS) is 29.4. The highest BCUT2D eigenvalue weighted by atomic mass is 16.5. The Bertz CT molecular complexity index is 403. The molecule has 1 aliphatic carbocycles. The number of anilines is 1. The number of hydrogen-bond donors (Lipinski definition) is 0. The third-order valence-corrected chi connectivity index (χ3v) is 3.76. The molecular weight excluding hydrogens is 212 g/mol. The zero-order chi connectivity index (χ0) is 11.8. The van der Waals surface area contributed by atoms with Crippen molar-refractivity contribution in [1.82, 2.24) is 4.98 Å². The summed E-state index contributed by atoms with van der Waals surface area (Å²) in [5.41, 5.74) is 2.58. The van der Waals surface area contributed by atoms with E-state index in [1.54, 1.807) is 0 Å². The topological polar surface area (TPSA) is 25.4 Å². The molecule has 0 N–H and O–H groups in total. The summed E-state index contributed by atoms with van der Waals surface area (Å²) < 4.78 is 6.04. The number of pyridine rings is 1. The van der Waals surface area contributed by atoms with E-state index in [-0.39, 0.29) is 0 Å². The summed E-state index contributed by atoms with van der Waals surface area (Å²) in [7, 11) is 0. The number of ether oxygens (including phenoxy) is 1. The number of rotatable bonds is 2. The molecule has 2 fully saturated rings. The van der Waals surface area contributed by atoms with Gasteiger partial charge >= 0.3 is 0 Å². The lowest BCUT2D eigenvalue weighted by Gasteiger charge is -2.39. The molecule has 3 heteroatoms. The highest BCUT2D eigenvalue weighted by molar-refractivity contribution is 5.52. The lowest BCUT2D eigenvalue weighted by Crippen LogP contribution is -2.47. The highest BCUT2D eigenvalue weighted by Crippen LogP contribution is 2.37. The van der Waals surface area contributed by atoms with Crippen molar-refractivity contribution in [2.24, 2.45) is 5.92 Å². The first-order chi connectivity index (χ1) is 8.24. The fourth-order valence-electron chi connectivity index (χ4n) is 2.73.